The molecule has 2 atom stereocenters. The van der Waals surface area contributed by atoms with E-state index in [4.69, 9.17) is 5.10 Å². The number of nitrogens with one attached hydrogen (secondary N) is 2. The molecule has 0 radical (unpaired) electrons. The molecule has 2 aromatic heterocycles. The molecule has 2 heterocycles. The second kappa shape index (κ2) is 8.55. The van der Waals surface area contributed by atoms with Gasteiger partial charge in [-0.15, -0.1) is 0 Å². The number of amides is 2. The van der Waals surface area contributed by atoms with Crippen LogP contribution < -0.4 is 10.6 Å². The van der Waals surface area contributed by atoms with E-state index in [9.17, 15) is 9.90 Å². The summed E-state index contributed by atoms with van der Waals surface area (Å²) >= 11 is 0. The summed E-state index contributed by atoms with van der Waals surface area (Å²) < 4.78 is 3.44. The lowest BCUT2D eigenvalue weighted by molar-refractivity contribution is 0.114. The van der Waals surface area contributed by atoms with Gasteiger partial charge in [0.05, 0.1) is 24.0 Å². The van der Waals surface area contributed by atoms with Gasteiger partial charge in [-0.05, 0) is 43.0 Å². The monoisotopic (exact) mass is 442 g/mol. The number of para-hydroxylation sites is 1. The SMILES string of the molecule is Cc1c(-c2cnn(C)c2)nn(-c2ccccc2)c1NC(=O)NC1c2ccccc2CC[C@H]1O. The molecule has 4 aromatic rings. The molecule has 33 heavy (non-hydrogen) atoms. The fourth-order valence-electron chi connectivity index (χ4n) is 4.42. The van der Waals surface area contributed by atoms with Gasteiger partial charge in [0.15, 0.2) is 0 Å². The number of aliphatic hydroxyl groups excluding tert-OH is 1. The highest BCUT2D eigenvalue weighted by Crippen LogP contribution is 2.32. The quantitative estimate of drug-likeness (QED) is 0.448. The average Bonchev–Trinajstić information content (AvgIpc) is 3.39. The van der Waals surface area contributed by atoms with Crippen molar-refractivity contribution >= 4 is 11.8 Å². The third kappa shape index (κ3) is 4.01. The zero-order valence-electron chi connectivity index (χ0n) is 18.6. The molecule has 0 bridgehead atoms. The van der Waals surface area contributed by atoms with Crippen LogP contribution >= 0.6 is 0 Å². The maximum atomic E-state index is 13.1. The minimum atomic E-state index is -0.642. The van der Waals surface area contributed by atoms with E-state index in [-0.39, 0.29) is 0 Å². The number of carbonyl (C=O) groups excluding carboxylic acids is 1. The first-order valence-electron chi connectivity index (χ1n) is 11.0. The van der Waals surface area contributed by atoms with Gasteiger partial charge in [0.1, 0.15) is 11.5 Å². The first-order chi connectivity index (χ1) is 16.0. The lowest BCUT2D eigenvalue weighted by Gasteiger charge is -2.31. The van der Waals surface area contributed by atoms with Crippen LogP contribution in [0.5, 0.6) is 0 Å². The van der Waals surface area contributed by atoms with E-state index in [2.05, 4.69) is 15.7 Å². The first kappa shape index (κ1) is 21.0. The molecule has 3 N–H and O–H groups in total. The van der Waals surface area contributed by atoms with E-state index in [1.165, 1.54) is 0 Å². The highest BCUT2D eigenvalue weighted by molar-refractivity contribution is 5.91. The van der Waals surface area contributed by atoms with Gasteiger partial charge >= 0.3 is 6.03 Å². The van der Waals surface area contributed by atoms with Crippen LogP contribution in [0.1, 0.15) is 29.2 Å². The van der Waals surface area contributed by atoms with Gasteiger partial charge in [0, 0.05) is 24.4 Å². The molecule has 168 valence electrons. The molecular weight excluding hydrogens is 416 g/mol. The summed E-state index contributed by atoms with van der Waals surface area (Å²) in [4.78, 5) is 13.1. The number of aryl methyl sites for hydroxylation is 2. The van der Waals surface area contributed by atoms with Crippen LogP contribution in [0, 0.1) is 6.92 Å². The first-order valence-corrected chi connectivity index (χ1v) is 11.0. The van der Waals surface area contributed by atoms with Gasteiger partial charge in [-0.2, -0.15) is 10.2 Å². The normalized spacial score (nSPS) is 17.4. The molecule has 0 saturated heterocycles. The number of aliphatic hydroxyl groups is 1. The summed E-state index contributed by atoms with van der Waals surface area (Å²) in [6.07, 6.45) is 4.41. The Bertz CT molecular complexity index is 1290. The topological polar surface area (TPSA) is 97.0 Å². The number of fused-ring (bicyclic) bond motifs is 1. The van der Waals surface area contributed by atoms with Crippen molar-refractivity contribution in [3.63, 3.8) is 0 Å². The number of aromatic nitrogens is 4. The summed E-state index contributed by atoms with van der Waals surface area (Å²) in [7, 11) is 1.85. The Morgan fingerprint density at radius 3 is 2.64 bits per heavy atom. The zero-order valence-corrected chi connectivity index (χ0v) is 18.6. The van der Waals surface area contributed by atoms with Gasteiger partial charge in [0.2, 0.25) is 0 Å². The van der Waals surface area contributed by atoms with Gasteiger partial charge in [-0.1, -0.05) is 42.5 Å². The highest BCUT2D eigenvalue weighted by atomic mass is 16.3. The molecular formula is C25H26N6O2. The zero-order chi connectivity index (χ0) is 22.9. The number of hydrogen-bond donors (Lipinski definition) is 3. The number of urea groups is 1. The molecule has 2 amide bonds. The van der Waals surface area contributed by atoms with Crippen molar-refractivity contribution in [1.29, 1.82) is 0 Å². The Labute approximate surface area is 191 Å². The Balaban J connectivity index is 1.48. The molecule has 8 heteroatoms. The Kier molecular flexibility index (Phi) is 5.43. The summed E-state index contributed by atoms with van der Waals surface area (Å²) in [5, 5.41) is 25.6. The second-order valence-corrected chi connectivity index (χ2v) is 8.35. The predicted octanol–water partition coefficient (Wildman–Crippen LogP) is 3.75. The lowest BCUT2D eigenvalue weighted by Crippen LogP contribution is -2.41. The summed E-state index contributed by atoms with van der Waals surface area (Å²) in [6, 6.07) is 16.7. The van der Waals surface area contributed by atoms with E-state index in [0.29, 0.717) is 12.2 Å². The molecule has 0 aliphatic heterocycles. The van der Waals surface area contributed by atoms with Crippen molar-refractivity contribution in [3.05, 3.63) is 83.7 Å². The van der Waals surface area contributed by atoms with Crippen LogP contribution in [-0.4, -0.2) is 36.8 Å². The third-order valence-corrected chi connectivity index (χ3v) is 6.10. The van der Waals surface area contributed by atoms with Crippen LogP contribution in [0.2, 0.25) is 0 Å². The summed E-state index contributed by atoms with van der Waals surface area (Å²) in [5.74, 6) is 0.566. The molecule has 1 unspecified atom stereocenters. The Hall–Kier alpha value is -3.91. The maximum absolute atomic E-state index is 13.1. The van der Waals surface area contributed by atoms with Gasteiger partial charge in [-0.3, -0.25) is 10.00 Å². The third-order valence-electron chi connectivity index (χ3n) is 6.10. The van der Waals surface area contributed by atoms with E-state index >= 15 is 0 Å². The number of hydrogen-bond acceptors (Lipinski definition) is 4. The van der Waals surface area contributed by atoms with Gasteiger partial charge in [-0.25, -0.2) is 9.48 Å². The standard InChI is InChI=1S/C25H26N6O2/c1-16-22(18-14-26-30(2)15-18)29-31(19-9-4-3-5-10-19)24(16)28-25(33)27-23-20-11-7-6-8-17(20)12-13-21(23)32/h3-11,14-15,21,23,32H,12-13H2,1-2H3,(H2,27,28,33)/t21-,23?/m1/s1. The molecule has 0 fully saturated rings. The minimum Gasteiger partial charge on any atom is -0.391 e. The van der Waals surface area contributed by atoms with Crippen LogP contribution in [0.4, 0.5) is 10.6 Å². The molecule has 1 aliphatic carbocycles. The molecule has 5 rings (SSSR count). The van der Waals surface area contributed by atoms with E-state index < -0.39 is 18.2 Å². The Morgan fingerprint density at radius 1 is 1.12 bits per heavy atom. The van der Waals surface area contributed by atoms with Crippen LogP contribution in [0.25, 0.3) is 16.9 Å². The summed E-state index contributed by atoms with van der Waals surface area (Å²) in [5.41, 5.74) is 5.36. The number of benzene rings is 2. The highest BCUT2D eigenvalue weighted by Gasteiger charge is 2.30. The van der Waals surface area contributed by atoms with E-state index in [1.54, 1.807) is 15.6 Å². The predicted molar refractivity (Wildman–Crippen MR) is 126 cm³/mol. The lowest BCUT2D eigenvalue weighted by atomic mass is 9.86. The van der Waals surface area contributed by atoms with Crippen LogP contribution in [-0.2, 0) is 13.5 Å². The number of nitrogens with zero attached hydrogens (tertiary/aromatic N) is 4. The number of rotatable bonds is 4. The fraction of sp³-hybridized carbons (Fsp3) is 0.240. The van der Waals surface area contributed by atoms with Gasteiger partial charge in [0.25, 0.3) is 0 Å². The Morgan fingerprint density at radius 2 is 1.88 bits per heavy atom. The van der Waals surface area contributed by atoms with Crippen molar-refractivity contribution in [2.45, 2.75) is 31.9 Å². The van der Waals surface area contributed by atoms with E-state index in [0.717, 1.165) is 40.1 Å². The van der Waals surface area contributed by atoms with E-state index in [1.807, 2.05) is 74.8 Å². The number of carbonyl (C=O) groups is 1. The van der Waals surface area contributed by atoms with Crippen LogP contribution in [0.15, 0.2) is 67.0 Å². The molecule has 0 spiro atoms. The van der Waals surface area contributed by atoms with Gasteiger partial charge < -0.3 is 10.4 Å². The smallest absolute Gasteiger partial charge is 0.320 e. The average molecular weight is 443 g/mol. The second-order valence-electron chi connectivity index (χ2n) is 8.35. The minimum absolute atomic E-state index is 0.395. The fourth-order valence-corrected chi connectivity index (χ4v) is 4.42. The number of anilines is 1. The van der Waals surface area contributed by atoms with Crippen molar-refractivity contribution in [3.8, 4) is 16.9 Å². The largest absolute Gasteiger partial charge is 0.391 e. The molecule has 0 saturated carbocycles. The summed E-state index contributed by atoms with van der Waals surface area (Å²) in [6.45, 7) is 1.93. The van der Waals surface area contributed by atoms with Crippen molar-refractivity contribution in [2.75, 3.05) is 5.32 Å². The maximum Gasteiger partial charge on any atom is 0.320 e. The molecule has 8 nitrogen and oxygen atoms in total. The van der Waals surface area contributed by atoms with Crippen molar-refractivity contribution in [1.82, 2.24) is 24.9 Å². The van der Waals surface area contributed by atoms with Crippen molar-refractivity contribution in [2.24, 2.45) is 7.05 Å². The molecule has 2 aromatic carbocycles. The molecule has 1 aliphatic rings. The van der Waals surface area contributed by atoms with Crippen molar-refractivity contribution < 1.29 is 9.90 Å². The van der Waals surface area contributed by atoms with Crippen LogP contribution in [0.3, 0.4) is 0 Å².